The van der Waals surface area contributed by atoms with E-state index >= 15 is 0 Å². The van der Waals surface area contributed by atoms with Gasteiger partial charge in [0.1, 0.15) is 0 Å². The van der Waals surface area contributed by atoms with Gasteiger partial charge in [-0.25, -0.2) is 9.90 Å². The van der Waals surface area contributed by atoms with Gasteiger partial charge in [0, 0.05) is 12.8 Å². The number of unbranched alkanes of at least 4 members (excludes halogenated alkanes) is 1. The molecule has 0 amide bonds. The molecule has 1 rings (SSSR count). The third-order valence-electron chi connectivity index (χ3n) is 2.30. The molecule has 2 radical (unpaired) electrons. The van der Waals surface area contributed by atoms with Crippen LogP contribution in [-0.2, 0) is 9.90 Å². The molecule has 0 fully saturated rings. The lowest BCUT2D eigenvalue weighted by molar-refractivity contribution is -0.147. The van der Waals surface area contributed by atoms with Crippen LogP contribution in [0.3, 0.4) is 0 Å². The molecule has 82 valence electrons. The molecule has 0 heterocycles. The van der Waals surface area contributed by atoms with Crippen molar-refractivity contribution in [1.82, 2.24) is 0 Å². The molecule has 0 unspecified atom stereocenters. The maximum Gasteiger partial charge on any atom is 0.359 e. The van der Waals surface area contributed by atoms with Crippen LogP contribution in [-0.4, -0.2) is 5.97 Å². The summed E-state index contributed by atoms with van der Waals surface area (Å²) in [5.74, 6) is -1.70. The fraction of sp³-hybridized carbons (Fsp3) is 0.308. The smallest absolute Gasteiger partial charge is 0.247 e. The summed E-state index contributed by atoms with van der Waals surface area (Å²) in [5.41, 5.74) is 0.869. The van der Waals surface area contributed by atoms with Gasteiger partial charge in [-0.05, 0) is 18.4 Å². The summed E-state index contributed by atoms with van der Waals surface area (Å²) in [6.45, 7) is 0. The Morgan fingerprint density at radius 3 is 2.62 bits per heavy atom. The number of hydrogen-bond acceptors (Lipinski definition) is 2. The van der Waals surface area contributed by atoms with Gasteiger partial charge >= 0.3 is 5.97 Å². The number of rotatable bonds is 6. The van der Waals surface area contributed by atoms with Crippen molar-refractivity contribution in [3.05, 3.63) is 42.3 Å². The Hall–Kier alpha value is -1.82. The molecule has 16 heavy (non-hydrogen) atoms. The molecule has 1 aromatic rings. The van der Waals surface area contributed by atoms with Crippen LogP contribution in [0.15, 0.2) is 30.3 Å². The zero-order valence-corrected chi connectivity index (χ0v) is 8.93. The molecule has 1 atom stereocenters. The van der Waals surface area contributed by atoms with Crippen molar-refractivity contribution in [3.63, 3.8) is 0 Å². The van der Waals surface area contributed by atoms with Crippen LogP contribution in [0.5, 0.6) is 0 Å². The van der Waals surface area contributed by atoms with E-state index in [1.807, 2.05) is 36.4 Å². The van der Waals surface area contributed by atoms with Crippen LogP contribution < -0.4 is 0 Å². The third-order valence-corrected chi connectivity index (χ3v) is 2.30. The molecule has 0 aliphatic rings. The van der Waals surface area contributed by atoms with Crippen molar-refractivity contribution < 1.29 is 9.90 Å². The van der Waals surface area contributed by atoms with E-state index in [-0.39, 0.29) is 0 Å². The Morgan fingerprint density at radius 1 is 1.38 bits per heavy atom. The Bertz CT molecular complexity index is 367. The SMILES string of the molecule is N#CCCC[C@@H]([CH]c1ccccc1)C([O])=O. The van der Waals surface area contributed by atoms with E-state index in [1.165, 1.54) is 0 Å². The van der Waals surface area contributed by atoms with Crippen molar-refractivity contribution in [2.45, 2.75) is 19.3 Å². The van der Waals surface area contributed by atoms with Gasteiger partial charge in [0.15, 0.2) is 0 Å². The second kappa shape index (κ2) is 6.62. The Kier molecular flexibility index (Phi) is 5.07. The normalized spacial score (nSPS) is 11.7. The Balaban J connectivity index is 2.52. The first-order valence-electron chi connectivity index (χ1n) is 5.22. The van der Waals surface area contributed by atoms with E-state index < -0.39 is 11.9 Å². The summed E-state index contributed by atoms with van der Waals surface area (Å²) in [6, 6.07) is 11.3. The average molecular weight is 215 g/mol. The van der Waals surface area contributed by atoms with Gasteiger partial charge in [-0.15, -0.1) is 0 Å². The van der Waals surface area contributed by atoms with E-state index in [4.69, 9.17) is 5.26 Å². The largest absolute Gasteiger partial charge is 0.359 e. The second-order valence-corrected chi connectivity index (χ2v) is 3.55. The highest BCUT2D eigenvalue weighted by atomic mass is 16.4. The van der Waals surface area contributed by atoms with E-state index in [9.17, 15) is 9.90 Å². The molecule has 0 saturated carbocycles. The van der Waals surface area contributed by atoms with Crippen molar-refractivity contribution in [2.75, 3.05) is 0 Å². The number of carbonyl (C=O) groups excluding carboxylic acids is 1. The lowest BCUT2D eigenvalue weighted by atomic mass is 9.94. The summed E-state index contributed by atoms with van der Waals surface area (Å²) in [6.07, 6.45) is 3.09. The lowest BCUT2D eigenvalue weighted by Gasteiger charge is -2.09. The van der Waals surface area contributed by atoms with Gasteiger partial charge in [-0.1, -0.05) is 30.3 Å². The van der Waals surface area contributed by atoms with Gasteiger partial charge in [0.2, 0.25) is 0 Å². The fourth-order valence-corrected chi connectivity index (χ4v) is 1.47. The molecule has 3 heteroatoms. The first-order chi connectivity index (χ1) is 7.74. The maximum absolute atomic E-state index is 10.9. The molecule has 0 N–H and O–H groups in total. The fourth-order valence-electron chi connectivity index (χ4n) is 1.47. The molecule has 0 saturated heterocycles. The van der Waals surface area contributed by atoms with Crippen LogP contribution in [0.25, 0.3) is 0 Å². The molecule has 3 nitrogen and oxygen atoms in total. The summed E-state index contributed by atoms with van der Waals surface area (Å²) in [5, 5.41) is 19.3. The van der Waals surface area contributed by atoms with Crippen LogP contribution in [0.4, 0.5) is 0 Å². The first kappa shape index (κ1) is 12.3. The van der Waals surface area contributed by atoms with E-state index in [0.717, 1.165) is 5.56 Å². The summed E-state index contributed by atoms with van der Waals surface area (Å²) < 4.78 is 0. The Morgan fingerprint density at radius 2 is 2.06 bits per heavy atom. The predicted molar refractivity (Wildman–Crippen MR) is 58.5 cm³/mol. The van der Waals surface area contributed by atoms with Crippen LogP contribution in [0.1, 0.15) is 24.8 Å². The van der Waals surface area contributed by atoms with Gasteiger partial charge in [0.05, 0.1) is 12.0 Å². The molecule has 0 aliphatic heterocycles. The molecule has 0 aliphatic carbocycles. The molecular weight excluding hydrogens is 202 g/mol. The molecule has 0 spiro atoms. The lowest BCUT2D eigenvalue weighted by Crippen LogP contribution is -2.13. The molecule has 0 aromatic heterocycles. The Labute approximate surface area is 95.3 Å². The van der Waals surface area contributed by atoms with Gasteiger partial charge in [-0.3, -0.25) is 0 Å². The zero-order chi connectivity index (χ0) is 11.8. The average Bonchev–Trinajstić information content (AvgIpc) is 2.29. The highest BCUT2D eigenvalue weighted by molar-refractivity contribution is 5.72. The second-order valence-electron chi connectivity index (χ2n) is 3.55. The highest BCUT2D eigenvalue weighted by Gasteiger charge is 2.19. The maximum atomic E-state index is 10.9. The molecule has 0 bridgehead atoms. The minimum absolute atomic E-state index is 0.381. The van der Waals surface area contributed by atoms with Gasteiger partial charge in [0.25, 0.3) is 0 Å². The zero-order valence-electron chi connectivity index (χ0n) is 8.93. The standard InChI is InChI=1S/C13H13NO2/c14-9-5-4-8-12(13(15)16)10-11-6-2-1-3-7-11/h1-3,6-7,10,12H,4-5,8H2/t12-/m0/s1. The van der Waals surface area contributed by atoms with Crippen molar-refractivity contribution >= 4 is 5.97 Å². The number of carbonyl (C=O) groups is 1. The van der Waals surface area contributed by atoms with Crippen LogP contribution in [0.2, 0.25) is 0 Å². The topological polar surface area (TPSA) is 60.8 Å². The van der Waals surface area contributed by atoms with Gasteiger partial charge < -0.3 is 0 Å². The number of nitriles is 1. The van der Waals surface area contributed by atoms with Crippen molar-refractivity contribution in [2.24, 2.45) is 5.92 Å². The summed E-state index contributed by atoms with van der Waals surface area (Å²) in [7, 11) is 0. The van der Waals surface area contributed by atoms with Crippen molar-refractivity contribution in [3.8, 4) is 6.07 Å². The van der Waals surface area contributed by atoms with Crippen molar-refractivity contribution in [1.29, 1.82) is 5.26 Å². The highest BCUT2D eigenvalue weighted by Crippen LogP contribution is 2.17. The minimum atomic E-state index is -1.08. The third kappa shape index (κ3) is 4.14. The summed E-state index contributed by atoms with van der Waals surface area (Å²) in [4.78, 5) is 10.9. The first-order valence-corrected chi connectivity index (χ1v) is 5.22. The quantitative estimate of drug-likeness (QED) is 0.684. The number of hydrogen-bond donors (Lipinski definition) is 0. The molecular formula is C13H13NO2. The monoisotopic (exact) mass is 215 g/mol. The summed E-state index contributed by atoms with van der Waals surface area (Å²) >= 11 is 0. The minimum Gasteiger partial charge on any atom is -0.247 e. The van der Waals surface area contributed by atoms with E-state index in [0.29, 0.717) is 19.3 Å². The number of nitrogens with zero attached hydrogens (tertiary/aromatic N) is 1. The van der Waals surface area contributed by atoms with Gasteiger partial charge in [-0.2, -0.15) is 5.26 Å². The predicted octanol–water partition coefficient (Wildman–Crippen LogP) is 2.51. The molecule has 1 aromatic carbocycles. The van der Waals surface area contributed by atoms with E-state index in [2.05, 4.69) is 0 Å². The van der Waals surface area contributed by atoms with Crippen LogP contribution in [0, 0.1) is 23.7 Å². The van der Waals surface area contributed by atoms with E-state index in [1.54, 1.807) is 6.42 Å². The number of benzene rings is 1. The van der Waals surface area contributed by atoms with Crippen LogP contribution >= 0.6 is 0 Å².